The molecule has 1 N–H and O–H groups in total. The van der Waals surface area contributed by atoms with Crippen LogP contribution in [0.4, 0.5) is 5.69 Å². The van der Waals surface area contributed by atoms with Gasteiger partial charge in [-0.15, -0.1) is 0 Å². The number of aryl methyl sites for hydroxylation is 2. The van der Waals surface area contributed by atoms with Crippen LogP contribution < -0.4 is 4.90 Å². The van der Waals surface area contributed by atoms with Gasteiger partial charge in [0, 0.05) is 12.1 Å². The Kier molecular flexibility index (Phi) is 5.00. The summed E-state index contributed by atoms with van der Waals surface area (Å²) in [6, 6.07) is 7.34. The molecule has 142 valence electrons. The number of Topliss-reactive ketones (excluding diaryl/α,β-unsaturated/α-hetero) is 2. The summed E-state index contributed by atoms with van der Waals surface area (Å²) in [7, 11) is 0. The maximum absolute atomic E-state index is 13.3. The van der Waals surface area contributed by atoms with Gasteiger partial charge < -0.3 is 0 Å². The predicted molar refractivity (Wildman–Crippen MR) is 103 cm³/mol. The highest BCUT2D eigenvalue weighted by Crippen LogP contribution is 2.46. The molecule has 1 saturated carbocycles. The number of hydrogen-bond acceptors (Lipinski definition) is 4. The first-order valence-corrected chi connectivity index (χ1v) is 9.31. The smallest absolute Gasteiger partial charge is 0.277 e. The van der Waals surface area contributed by atoms with Gasteiger partial charge in [0.15, 0.2) is 11.6 Å². The number of benzene rings is 1. The highest BCUT2D eigenvalue weighted by atomic mass is 16.2. The molecule has 1 aromatic heterocycles. The number of nitrogens with zero attached hydrogens (tertiary/aromatic N) is 2. The van der Waals surface area contributed by atoms with Gasteiger partial charge in [-0.25, -0.2) is 0 Å². The summed E-state index contributed by atoms with van der Waals surface area (Å²) in [6.07, 6.45) is 2.38. The molecule has 0 atom stereocenters. The summed E-state index contributed by atoms with van der Waals surface area (Å²) in [5.74, 6) is -0.467. The van der Waals surface area contributed by atoms with Crippen molar-refractivity contribution in [1.29, 1.82) is 0 Å². The summed E-state index contributed by atoms with van der Waals surface area (Å²) in [5.41, 5.74) is 2.41. The number of carbonyl (C=O) groups is 3. The van der Waals surface area contributed by atoms with Crippen LogP contribution in [-0.4, -0.2) is 33.2 Å². The van der Waals surface area contributed by atoms with Crippen LogP contribution >= 0.6 is 0 Å². The van der Waals surface area contributed by atoms with Crippen molar-refractivity contribution in [2.75, 3.05) is 4.90 Å². The van der Waals surface area contributed by atoms with Crippen LogP contribution in [0.2, 0.25) is 0 Å². The van der Waals surface area contributed by atoms with Crippen LogP contribution in [-0.2, 0) is 4.79 Å². The number of amides is 1. The Bertz CT molecular complexity index is 889. The molecule has 0 radical (unpaired) electrons. The van der Waals surface area contributed by atoms with E-state index in [1.165, 1.54) is 13.0 Å². The molecule has 3 rings (SSSR count). The van der Waals surface area contributed by atoms with Crippen molar-refractivity contribution in [1.82, 2.24) is 10.2 Å². The van der Waals surface area contributed by atoms with Crippen molar-refractivity contribution in [3.05, 3.63) is 46.8 Å². The molecule has 0 bridgehead atoms. The van der Waals surface area contributed by atoms with Gasteiger partial charge in [-0.2, -0.15) is 5.10 Å². The molecule has 1 fully saturated rings. The largest absolute Gasteiger partial charge is 0.297 e. The Labute approximate surface area is 159 Å². The fourth-order valence-corrected chi connectivity index (χ4v) is 3.54. The third-order valence-corrected chi connectivity index (χ3v) is 5.05. The van der Waals surface area contributed by atoms with E-state index in [1.54, 1.807) is 4.90 Å². The molecule has 6 nitrogen and oxygen atoms in total. The molecule has 27 heavy (non-hydrogen) atoms. The first-order valence-electron chi connectivity index (χ1n) is 9.31. The zero-order valence-electron chi connectivity index (χ0n) is 16.3. The molecule has 0 spiro atoms. The number of aromatic amines is 1. The number of anilines is 1. The predicted octanol–water partition coefficient (Wildman–Crippen LogP) is 3.78. The zero-order chi connectivity index (χ0) is 19.8. The van der Waals surface area contributed by atoms with Gasteiger partial charge >= 0.3 is 0 Å². The van der Waals surface area contributed by atoms with E-state index in [1.807, 2.05) is 39.0 Å². The molecule has 0 unspecified atom stereocenters. The first kappa shape index (κ1) is 19.0. The second-order valence-corrected chi connectivity index (χ2v) is 7.41. The lowest BCUT2D eigenvalue weighted by atomic mass is 10.0. The van der Waals surface area contributed by atoms with Crippen molar-refractivity contribution >= 4 is 23.2 Å². The number of aromatic nitrogens is 2. The summed E-state index contributed by atoms with van der Waals surface area (Å²) in [6.45, 7) is 7.37. The summed E-state index contributed by atoms with van der Waals surface area (Å²) in [5, 5.41) is 6.70. The van der Waals surface area contributed by atoms with Crippen molar-refractivity contribution in [2.24, 2.45) is 0 Å². The normalized spacial score (nSPS) is 14.7. The van der Waals surface area contributed by atoms with E-state index >= 15 is 0 Å². The van der Waals surface area contributed by atoms with Crippen molar-refractivity contribution < 1.29 is 14.4 Å². The molecule has 0 aliphatic heterocycles. The minimum Gasteiger partial charge on any atom is -0.297 e. The minimum absolute atomic E-state index is 0.0307. The van der Waals surface area contributed by atoms with E-state index in [2.05, 4.69) is 10.2 Å². The topological polar surface area (TPSA) is 83.1 Å². The van der Waals surface area contributed by atoms with E-state index in [0.29, 0.717) is 24.9 Å². The maximum atomic E-state index is 13.3. The number of ketones is 2. The van der Waals surface area contributed by atoms with Gasteiger partial charge in [0.2, 0.25) is 0 Å². The monoisotopic (exact) mass is 367 g/mol. The molecule has 2 aromatic rings. The number of H-pyrrole nitrogens is 1. The fraction of sp³-hybridized carbons (Fsp3) is 0.429. The average molecular weight is 367 g/mol. The summed E-state index contributed by atoms with van der Waals surface area (Å²) >= 11 is 0. The van der Waals surface area contributed by atoms with Crippen molar-refractivity contribution in [3.63, 3.8) is 0 Å². The van der Waals surface area contributed by atoms with Crippen LogP contribution in [0.5, 0.6) is 0 Å². The Morgan fingerprint density at radius 3 is 2.26 bits per heavy atom. The third kappa shape index (κ3) is 3.56. The standard InChI is InChI=1S/C21H25N3O3/c1-5-6-19(26)17-12-18(23-22-17)20(27)24(21(7-8-21)15(4)25)16-10-13(2)9-14(3)11-16/h9-12H,5-8H2,1-4H3,(H,22,23). The molecule has 1 aromatic carbocycles. The van der Waals surface area contributed by atoms with Crippen LogP contribution in [0.3, 0.4) is 0 Å². The van der Waals surface area contributed by atoms with Gasteiger partial charge in [-0.1, -0.05) is 13.0 Å². The Hall–Kier alpha value is -2.76. The average Bonchev–Trinajstić information content (AvgIpc) is 3.22. The molecule has 6 heteroatoms. The third-order valence-electron chi connectivity index (χ3n) is 5.05. The number of carbonyl (C=O) groups excluding carboxylic acids is 3. The van der Waals surface area contributed by atoms with Gasteiger partial charge in [-0.3, -0.25) is 24.4 Å². The van der Waals surface area contributed by atoms with Gasteiger partial charge in [0.25, 0.3) is 5.91 Å². The summed E-state index contributed by atoms with van der Waals surface area (Å²) < 4.78 is 0. The van der Waals surface area contributed by atoms with Gasteiger partial charge in [-0.05, 0) is 69.4 Å². The van der Waals surface area contributed by atoms with Crippen molar-refractivity contribution in [2.45, 2.75) is 58.9 Å². The SMILES string of the molecule is CCCC(=O)c1cc(C(=O)N(c2cc(C)cc(C)c2)C2(C(C)=O)CC2)[nH]n1. The molecule has 1 amide bonds. The van der Waals surface area contributed by atoms with E-state index in [-0.39, 0.29) is 28.9 Å². The second-order valence-electron chi connectivity index (χ2n) is 7.41. The van der Waals surface area contributed by atoms with Crippen LogP contribution in [0, 0.1) is 13.8 Å². The van der Waals surface area contributed by atoms with Crippen molar-refractivity contribution in [3.8, 4) is 0 Å². The lowest BCUT2D eigenvalue weighted by molar-refractivity contribution is -0.119. The number of nitrogens with one attached hydrogen (secondary N) is 1. The second kappa shape index (κ2) is 7.10. The Morgan fingerprint density at radius 2 is 1.74 bits per heavy atom. The van der Waals surface area contributed by atoms with Gasteiger partial charge in [0.05, 0.1) is 0 Å². The maximum Gasteiger partial charge on any atom is 0.277 e. The lowest BCUT2D eigenvalue weighted by Gasteiger charge is -2.30. The van der Waals surface area contributed by atoms with Crippen LogP contribution in [0.15, 0.2) is 24.3 Å². The lowest BCUT2D eigenvalue weighted by Crippen LogP contribution is -2.47. The fourth-order valence-electron chi connectivity index (χ4n) is 3.54. The molecule has 1 aliphatic rings. The van der Waals surface area contributed by atoms with Crippen LogP contribution in [0.1, 0.15) is 71.6 Å². The molecular formula is C21H25N3O3. The van der Waals surface area contributed by atoms with Crippen LogP contribution in [0.25, 0.3) is 0 Å². The van der Waals surface area contributed by atoms with E-state index in [0.717, 1.165) is 17.5 Å². The minimum atomic E-state index is -0.810. The van der Waals surface area contributed by atoms with E-state index < -0.39 is 5.54 Å². The molecule has 0 saturated heterocycles. The molecule has 1 aliphatic carbocycles. The number of hydrogen-bond donors (Lipinski definition) is 1. The molecule has 1 heterocycles. The van der Waals surface area contributed by atoms with E-state index in [9.17, 15) is 14.4 Å². The quantitative estimate of drug-likeness (QED) is 0.755. The zero-order valence-corrected chi connectivity index (χ0v) is 16.3. The highest BCUT2D eigenvalue weighted by molar-refractivity contribution is 6.12. The van der Waals surface area contributed by atoms with E-state index in [4.69, 9.17) is 0 Å². The Balaban J connectivity index is 2.02. The van der Waals surface area contributed by atoms with Gasteiger partial charge in [0.1, 0.15) is 16.9 Å². The Morgan fingerprint density at radius 1 is 1.11 bits per heavy atom. The first-order chi connectivity index (χ1) is 12.8. The highest BCUT2D eigenvalue weighted by Gasteiger charge is 2.55. The molecular weight excluding hydrogens is 342 g/mol. The number of rotatable bonds is 7. The summed E-state index contributed by atoms with van der Waals surface area (Å²) in [4.78, 5) is 39.4.